The van der Waals surface area contributed by atoms with E-state index in [0.29, 0.717) is 22.4 Å². The molecule has 0 aliphatic rings. The third-order valence-corrected chi connectivity index (χ3v) is 3.56. The second-order valence-corrected chi connectivity index (χ2v) is 5.58. The van der Waals surface area contributed by atoms with E-state index in [1.807, 2.05) is 16.8 Å². The molecule has 0 unspecified atom stereocenters. The molecule has 0 saturated heterocycles. The van der Waals surface area contributed by atoms with Gasteiger partial charge in [-0.25, -0.2) is 13.8 Å². The van der Waals surface area contributed by atoms with Crippen LogP contribution in [0.2, 0.25) is 0 Å². The van der Waals surface area contributed by atoms with Gasteiger partial charge in [0.15, 0.2) is 0 Å². The molecule has 0 bridgehead atoms. The second kappa shape index (κ2) is 5.77. The van der Waals surface area contributed by atoms with Crippen molar-refractivity contribution in [3.63, 3.8) is 0 Å². The number of hydrogen-bond acceptors (Lipinski definition) is 1. The monoisotopic (exact) mass is 348 g/mol. The molecule has 0 saturated carbocycles. The molecule has 2 aromatic carbocycles. The minimum atomic E-state index is -0.323. The van der Waals surface area contributed by atoms with Crippen LogP contribution >= 0.6 is 15.9 Å². The Kier molecular flexibility index (Phi) is 3.84. The minimum absolute atomic E-state index is 0.265. The number of rotatable bonds is 3. The first kappa shape index (κ1) is 13.9. The van der Waals surface area contributed by atoms with E-state index >= 15 is 0 Å². The van der Waals surface area contributed by atoms with Gasteiger partial charge in [-0.1, -0.05) is 28.1 Å². The summed E-state index contributed by atoms with van der Waals surface area (Å²) in [5.74, 6) is 0.0777. The van der Waals surface area contributed by atoms with Gasteiger partial charge in [-0.3, -0.25) is 0 Å². The standard InChI is InChI=1S/C16H11BrF2N2/c17-13-7-12(8-15(19)9-13)16-20-5-6-21(16)10-11-1-3-14(18)4-2-11/h1-9H,10H2. The Morgan fingerprint density at radius 2 is 1.76 bits per heavy atom. The molecule has 2 nitrogen and oxygen atoms in total. The summed E-state index contributed by atoms with van der Waals surface area (Å²) < 4.78 is 29.0. The van der Waals surface area contributed by atoms with Crippen molar-refractivity contribution in [3.05, 3.63) is 76.5 Å². The van der Waals surface area contributed by atoms with Gasteiger partial charge >= 0.3 is 0 Å². The molecular weight excluding hydrogens is 338 g/mol. The SMILES string of the molecule is Fc1ccc(Cn2ccnc2-c2cc(F)cc(Br)c2)cc1. The van der Waals surface area contributed by atoms with Gasteiger partial charge in [-0.05, 0) is 35.9 Å². The molecule has 0 spiro atoms. The molecule has 3 aromatic rings. The molecule has 0 fully saturated rings. The molecule has 3 rings (SSSR count). The van der Waals surface area contributed by atoms with Crippen LogP contribution in [0, 0.1) is 11.6 Å². The lowest BCUT2D eigenvalue weighted by Gasteiger charge is -2.09. The van der Waals surface area contributed by atoms with Crippen molar-refractivity contribution in [2.24, 2.45) is 0 Å². The number of benzene rings is 2. The van der Waals surface area contributed by atoms with E-state index in [0.717, 1.165) is 5.56 Å². The molecule has 1 heterocycles. The van der Waals surface area contributed by atoms with E-state index in [4.69, 9.17) is 0 Å². The van der Waals surface area contributed by atoms with E-state index in [2.05, 4.69) is 20.9 Å². The average molecular weight is 349 g/mol. The van der Waals surface area contributed by atoms with Crippen LogP contribution in [0.1, 0.15) is 5.56 Å². The predicted molar refractivity (Wildman–Crippen MR) is 80.8 cm³/mol. The van der Waals surface area contributed by atoms with E-state index in [1.165, 1.54) is 24.3 Å². The Labute approximate surface area is 129 Å². The van der Waals surface area contributed by atoms with Crippen LogP contribution in [-0.2, 0) is 6.54 Å². The first-order valence-corrected chi connectivity index (χ1v) is 7.13. The summed E-state index contributed by atoms with van der Waals surface area (Å²) in [6.45, 7) is 0.545. The summed E-state index contributed by atoms with van der Waals surface area (Å²) in [5.41, 5.74) is 1.64. The molecule has 1 aromatic heterocycles. The number of nitrogens with zero attached hydrogens (tertiary/aromatic N) is 2. The van der Waals surface area contributed by atoms with Crippen molar-refractivity contribution in [2.75, 3.05) is 0 Å². The fourth-order valence-electron chi connectivity index (χ4n) is 2.17. The number of hydrogen-bond donors (Lipinski definition) is 0. The summed E-state index contributed by atoms with van der Waals surface area (Å²) in [4.78, 5) is 4.28. The molecule has 5 heteroatoms. The lowest BCUT2D eigenvalue weighted by atomic mass is 10.2. The Morgan fingerprint density at radius 3 is 2.48 bits per heavy atom. The Hall–Kier alpha value is -2.01. The maximum absolute atomic E-state index is 13.5. The maximum Gasteiger partial charge on any atom is 0.140 e. The van der Waals surface area contributed by atoms with Crippen molar-refractivity contribution in [2.45, 2.75) is 6.54 Å². The highest BCUT2D eigenvalue weighted by atomic mass is 79.9. The summed E-state index contributed by atoms with van der Waals surface area (Å²) in [6, 6.07) is 10.9. The van der Waals surface area contributed by atoms with Crippen LogP contribution in [-0.4, -0.2) is 9.55 Å². The zero-order valence-electron chi connectivity index (χ0n) is 10.9. The second-order valence-electron chi connectivity index (χ2n) is 4.66. The third-order valence-electron chi connectivity index (χ3n) is 3.10. The summed E-state index contributed by atoms with van der Waals surface area (Å²) in [7, 11) is 0. The molecule has 0 N–H and O–H groups in total. The smallest absolute Gasteiger partial charge is 0.140 e. The Morgan fingerprint density at radius 1 is 1.00 bits per heavy atom. The van der Waals surface area contributed by atoms with Gasteiger partial charge in [-0.15, -0.1) is 0 Å². The fraction of sp³-hybridized carbons (Fsp3) is 0.0625. The highest BCUT2D eigenvalue weighted by molar-refractivity contribution is 9.10. The molecule has 0 aliphatic carbocycles. The van der Waals surface area contributed by atoms with Crippen molar-refractivity contribution < 1.29 is 8.78 Å². The van der Waals surface area contributed by atoms with Crippen molar-refractivity contribution in [1.29, 1.82) is 0 Å². The van der Waals surface area contributed by atoms with E-state index < -0.39 is 0 Å². The highest BCUT2D eigenvalue weighted by Gasteiger charge is 2.09. The van der Waals surface area contributed by atoms with Gasteiger partial charge in [0, 0.05) is 29.0 Å². The molecule has 0 atom stereocenters. The normalized spacial score (nSPS) is 10.8. The van der Waals surface area contributed by atoms with Gasteiger partial charge < -0.3 is 4.57 Å². The minimum Gasteiger partial charge on any atom is -0.327 e. The van der Waals surface area contributed by atoms with Crippen molar-refractivity contribution in [1.82, 2.24) is 9.55 Å². The third kappa shape index (κ3) is 3.19. The van der Waals surface area contributed by atoms with Gasteiger partial charge in [0.25, 0.3) is 0 Å². The summed E-state index contributed by atoms with van der Waals surface area (Å²) in [5, 5.41) is 0. The van der Waals surface area contributed by atoms with Crippen molar-refractivity contribution in [3.8, 4) is 11.4 Å². The first-order valence-electron chi connectivity index (χ1n) is 6.34. The highest BCUT2D eigenvalue weighted by Crippen LogP contribution is 2.24. The average Bonchev–Trinajstić information content (AvgIpc) is 2.88. The van der Waals surface area contributed by atoms with Gasteiger partial charge in [0.05, 0.1) is 0 Å². The van der Waals surface area contributed by atoms with E-state index in [-0.39, 0.29) is 11.6 Å². The number of halogens is 3. The quantitative estimate of drug-likeness (QED) is 0.674. The molecule has 21 heavy (non-hydrogen) atoms. The molecule has 0 radical (unpaired) electrons. The number of aromatic nitrogens is 2. The zero-order chi connectivity index (χ0) is 14.8. The largest absolute Gasteiger partial charge is 0.327 e. The first-order chi connectivity index (χ1) is 10.1. The Balaban J connectivity index is 1.95. The van der Waals surface area contributed by atoms with E-state index in [1.54, 1.807) is 18.3 Å². The molecule has 0 amide bonds. The Bertz CT molecular complexity index is 746. The molecule has 106 valence electrons. The zero-order valence-corrected chi connectivity index (χ0v) is 12.5. The van der Waals surface area contributed by atoms with Gasteiger partial charge in [0.1, 0.15) is 17.5 Å². The van der Waals surface area contributed by atoms with Gasteiger partial charge in [-0.2, -0.15) is 0 Å². The van der Waals surface area contributed by atoms with E-state index in [9.17, 15) is 8.78 Å². The van der Waals surface area contributed by atoms with Crippen LogP contribution < -0.4 is 0 Å². The number of imidazole rings is 1. The van der Waals surface area contributed by atoms with Crippen LogP contribution in [0.3, 0.4) is 0 Å². The topological polar surface area (TPSA) is 17.8 Å². The maximum atomic E-state index is 13.5. The lowest BCUT2D eigenvalue weighted by Crippen LogP contribution is -2.01. The summed E-state index contributed by atoms with van der Waals surface area (Å²) >= 11 is 3.28. The fourth-order valence-corrected chi connectivity index (χ4v) is 2.63. The van der Waals surface area contributed by atoms with Crippen LogP contribution in [0.5, 0.6) is 0 Å². The molecule has 0 aliphatic heterocycles. The van der Waals surface area contributed by atoms with Crippen LogP contribution in [0.25, 0.3) is 11.4 Å². The lowest BCUT2D eigenvalue weighted by molar-refractivity contribution is 0.625. The summed E-state index contributed by atoms with van der Waals surface area (Å²) in [6.07, 6.45) is 3.48. The van der Waals surface area contributed by atoms with Crippen LogP contribution in [0.4, 0.5) is 8.78 Å². The molecular formula is C16H11BrF2N2. The van der Waals surface area contributed by atoms with Crippen LogP contribution in [0.15, 0.2) is 59.3 Å². The van der Waals surface area contributed by atoms with Gasteiger partial charge in [0.2, 0.25) is 0 Å². The van der Waals surface area contributed by atoms with Crippen molar-refractivity contribution >= 4 is 15.9 Å². The predicted octanol–water partition coefficient (Wildman–Crippen LogP) is 4.64.